The maximum absolute atomic E-state index is 12.7. The molecule has 0 aliphatic rings. The number of anilines is 2. The van der Waals surface area contributed by atoms with Crippen molar-refractivity contribution in [3.05, 3.63) is 89.9 Å². The second-order valence-corrected chi connectivity index (χ2v) is 7.64. The highest BCUT2D eigenvalue weighted by Crippen LogP contribution is 2.30. The lowest BCUT2D eigenvalue weighted by Gasteiger charge is -2.07. The third-order valence-electron chi connectivity index (χ3n) is 5.25. The Hall–Kier alpha value is -5.00. The maximum Gasteiger partial charge on any atom is 0.417 e. The van der Waals surface area contributed by atoms with Gasteiger partial charge in [0.25, 0.3) is 11.8 Å². The number of carbonyl (C=O) groups excluding carboxylic acids is 2. The van der Waals surface area contributed by atoms with Crippen LogP contribution < -0.4 is 10.6 Å². The van der Waals surface area contributed by atoms with Crippen molar-refractivity contribution < 1.29 is 22.8 Å². The molecular weight excluding hydrogens is 475 g/mol. The van der Waals surface area contributed by atoms with E-state index in [1.807, 2.05) is 0 Å². The van der Waals surface area contributed by atoms with Gasteiger partial charge in [0, 0.05) is 29.7 Å². The number of imidazole rings is 2. The number of amides is 2. The molecule has 0 aliphatic carbocycles. The van der Waals surface area contributed by atoms with Crippen LogP contribution in [0.3, 0.4) is 0 Å². The monoisotopic (exact) mass is 491 g/mol. The second-order valence-electron chi connectivity index (χ2n) is 7.64. The quantitative estimate of drug-likeness (QED) is 0.279. The van der Waals surface area contributed by atoms with Gasteiger partial charge in [-0.3, -0.25) is 25.2 Å². The predicted octanol–water partition coefficient (Wildman–Crippen LogP) is 4.87. The number of halogens is 3. The van der Waals surface area contributed by atoms with Crippen LogP contribution in [0, 0.1) is 0 Å². The molecule has 0 radical (unpaired) electrons. The molecule has 0 atom stereocenters. The van der Waals surface area contributed by atoms with Crippen molar-refractivity contribution in [2.75, 3.05) is 10.6 Å². The number of H-pyrrole nitrogens is 2. The molecule has 0 saturated carbocycles. The molecule has 3 heterocycles. The number of para-hydroxylation sites is 1. The molecule has 9 nitrogen and oxygen atoms in total. The van der Waals surface area contributed by atoms with E-state index in [1.54, 1.807) is 36.5 Å². The number of nitrogens with one attached hydrogen (secondary N) is 4. The first kappa shape index (κ1) is 22.8. The summed E-state index contributed by atoms with van der Waals surface area (Å²) >= 11 is 0. The Balaban J connectivity index is 1.31. The molecule has 0 fully saturated rings. The molecule has 0 unspecified atom stereocenters. The fourth-order valence-corrected chi connectivity index (χ4v) is 3.49. The fraction of sp³-hybridized carbons (Fsp3) is 0.0417. The summed E-state index contributed by atoms with van der Waals surface area (Å²) in [7, 11) is 0. The molecule has 0 aliphatic heterocycles. The van der Waals surface area contributed by atoms with Crippen molar-refractivity contribution in [3.8, 4) is 11.3 Å². The summed E-state index contributed by atoms with van der Waals surface area (Å²) in [5, 5.41) is 5.27. The first-order valence-electron chi connectivity index (χ1n) is 10.5. The summed E-state index contributed by atoms with van der Waals surface area (Å²) in [4.78, 5) is 43.2. The smallest absolute Gasteiger partial charge is 0.331 e. The van der Waals surface area contributed by atoms with E-state index in [9.17, 15) is 22.8 Å². The van der Waals surface area contributed by atoms with Crippen molar-refractivity contribution in [1.29, 1.82) is 0 Å². The third kappa shape index (κ3) is 4.64. The molecule has 12 heteroatoms. The summed E-state index contributed by atoms with van der Waals surface area (Å²) in [6, 6.07) is 13.4. The van der Waals surface area contributed by atoms with Crippen molar-refractivity contribution >= 4 is 34.7 Å². The van der Waals surface area contributed by atoms with Crippen molar-refractivity contribution in [2.24, 2.45) is 0 Å². The Morgan fingerprint density at radius 2 is 1.64 bits per heavy atom. The zero-order valence-corrected chi connectivity index (χ0v) is 18.2. The standard InChI is InChI=1S/C24H16F3N7O2/c25-24(26,27)15-8-9-17(30-12-15)13-4-6-14(7-5-13)20(35)33-23-31-18-3-1-2-16(19(18)32-23)21(36)34-22-28-10-11-29-22/h1-12H,(H2,28,29,34,36)(H2,31,32,33,35). The van der Waals surface area contributed by atoms with Gasteiger partial charge in [0.2, 0.25) is 11.9 Å². The van der Waals surface area contributed by atoms with Crippen LogP contribution in [0.5, 0.6) is 0 Å². The number of pyridine rings is 1. The molecular formula is C24H16F3N7O2. The zero-order chi connectivity index (χ0) is 25.3. The number of aromatic amines is 2. The lowest BCUT2D eigenvalue weighted by molar-refractivity contribution is -0.137. The number of alkyl halides is 3. The highest BCUT2D eigenvalue weighted by Gasteiger charge is 2.30. The van der Waals surface area contributed by atoms with Crippen LogP contribution in [-0.4, -0.2) is 36.7 Å². The highest BCUT2D eigenvalue weighted by atomic mass is 19.4. The third-order valence-corrected chi connectivity index (χ3v) is 5.25. The molecule has 0 spiro atoms. The van der Waals surface area contributed by atoms with Gasteiger partial charge in [-0.15, -0.1) is 0 Å². The molecule has 5 rings (SSSR count). The van der Waals surface area contributed by atoms with Crippen LogP contribution in [0.2, 0.25) is 0 Å². The van der Waals surface area contributed by atoms with E-state index < -0.39 is 23.6 Å². The number of carbonyl (C=O) groups is 2. The Bertz CT molecular complexity index is 1540. The SMILES string of the molecule is O=C(Nc1nc2c(C(=O)Nc3ncc[nH]3)cccc2[nH]1)c1ccc(-c2ccc(C(F)(F)F)cn2)cc1. The molecule has 180 valence electrons. The second kappa shape index (κ2) is 8.98. The van der Waals surface area contributed by atoms with Gasteiger partial charge < -0.3 is 9.97 Å². The van der Waals surface area contributed by atoms with Crippen LogP contribution in [0.15, 0.2) is 73.2 Å². The number of hydrogen-bond donors (Lipinski definition) is 4. The van der Waals surface area contributed by atoms with E-state index in [0.717, 1.165) is 12.3 Å². The van der Waals surface area contributed by atoms with E-state index in [2.05, 4.69) is 35.6 Å². The number of hydrogen-bond acceptors (Lipinski definition) is 5. The van der Waals surface area contributed by atoms with Crippen LogP contribution in [-0.2, 0) is 6.18 Å². The lowest BCUT2D eigenvalue weighted by atomic mass is 10.1. The molecule has 2 amide bonds. The topological polar surface area (TPSA) is 128 Å². The van der Waals surface area contributed by atoms with Crippen molar-refractivity contribution in [2.45, 2.75) is 6.18 Å². The Morgan fingerprint density at radius 3 is 2.31 bits per heavy atom. The van der Waals surface area contributed by atoms with E-state index >= 15 is 0 Å². The molecule has 3 aromatic heterocycles. The normalized spacial score (nSPS) is 11.4. The van der Waals surface area contributed by atoms with Gasteiger partial charge in [0.1, 0.15) is 5.52 Å². The molecule has 36 heavy (non-hydrogen) atoms. The number of fused-ring (bicyclic) bond motifs is 1. The maximum atomic E-state index is 12.7. The molecule has 0 saturated heterocycles. The van der Waals surface area contributed by atoms with Gasteiger partial charge in [0.05, 0.1) is 22.3 Å². The van der Waals surface area contributed by atoms with Crippen LogP contribution >= 0.6 is 0 Å². The number of benzene rings is 2. The predicted molar refractivity (Wildman–Crippen MR) is 125 cm³/mol. The summed E-state index contributed by atoms with van der Waals surface area (Å²) in [6.45, 7) is 0. The van der Waals surface area contributed by atoms with Gasteiger partial charge in [-0.05, 0) is 36.4 Å². The van der Waals surface area contributed by atoms with Crippen molar-refractivity contribution in [1.82, 2.24) is 24.9 Å². The van der Waals surface area contributed by atoms with Crippen LogP contribution in [0.25, 0.3) is 22.3 Å². The average molecular weight is 491 g/mol. The van der Waals surface area contributed by atoms with Crippen LogP contribution in [0.4, 0.5) is 25.1 Å². The van der Waals surface area contributed by atoms with Gasteiger partial charge in [0.15, 0.2) is 0 Å². The van der Waals surface area contributed by atoms with Crippen LogP contribution in [0.1, 0.15) is 26.3 Å². The van der Waals surface area contributed by atoms with E-state index in [-0.39, 0.29) is 17.5 Å². The molecule has 0 bridgehead atoms. The molecule has 2 aromatic carbocycles. The average Bonchev–Trinajstić information content (AvgIpc) is 3.52. The van der Waals surface area contributed by atoms with Gasteiger partial charge in [-0.25, -0.2) is 9.97 Å². The molecule has 4 N–H and O–H groups in total. The van der Waals surface area contributed by atoms with E-state index in [4.69, 9.17) is 0 Å². The van der Waals surface area contributed by atoms with E-state index in [0.29, 0.717) is 27.9 Å². The first-order valence-corrected chi connectivity index (χ1v) is 10.5. The van der Waals surface area contributed by atoms with Crippen molar-refractivity contribution in [3.63, 3.8) is 0 Å². The highest BCUT2D eigenvalue weighted by molar-refractivity contribution is 6.11. The number of aromatic nitrogens is 5. The molecule has 5 aromatic rings. The largest absolute Gasteiger partial charge is 0.417 e. The van der Waals surface area contributed by atoms with Gasteiger partial charge in [-0.2, -0.15) is 13.2 Å². The van der Waals surface area contributed by atoms with Gasteiger partial charge in [-0.1, -0.05) is 18.2 Å². The minimum atomic E-state index is -4.46. The minimum Gasteiger partial charge on any atom is -0.331 e. The number of rotatable bonds is 5. The first-order chi connectivity index (χ1) is 17.3. The summed E-state index contributed by atoms with van der Waals surface area (Å²) in [5.74, 6) is -0.465. The summed E-state index contributed by atoms with van der Waals surface area (Å²) in [5.41, 5.74) is 1.54. The Morgan fingerprint density at radius 1 is 0.861 bits per heavy atom. The lowest BCUT2D eigenvalue weighted by Crippen LogP contribution is -2.14. The minimum absolute atomic E-state index is 0.140. The van der Waals surface area contributed by atoms with Gasteiger partial charge >= 0.3 is 6.18 Å². The van der Waals surface area contributed by atoms with E-state index in [1.165, 1.54) is 24.4 Å². The number of nitrogens with zero attached hydrogens (tertiary/aromatic N) is 3. The zero-order valence-electron chi connectivity index (χ0n) is 18.2. The Labute approximate surface area is 200 Å². The fourth-order valence-electron chi connectivity index (χ4n) is 3.49. The summed E-state index contributed by atoms with van der Waals surface area (Å²) < 4.78 is 38.2. The summed E-state index contributed by atoms with van der Waals surface area (Å²) in [6.07, 6.45) is -0.620. The Kier molecular flexibility index (Phi) is 5.68.